The molecule has 2 nitrogen and oxygen atoms in total. The lowest BCUT2D eigenvalue weighted by atomic mass is 9.86. The summed E-state index contributed by atoms with van der Waals surface area (Å²) in [7, 11) is 0. The first kappa shape index (κ1) is 23.5. The summed E-state index contributed by atoms with van der Waals surface area (Å²) < 4.78 is 6.42. The van der Waals surface area contributed by atoms with Crippen LogP contribution >= 0.6 is 11.6 Å². The van der Waals surface area contributed by atoms with Crippen molar-refractivity contribution in [2.45, 2.75) is 52.4 Å². The van der Waals surface area contributed by atoms with Crippen LogP contribution in [0.1, 0.15) is 52.7 Å². The molecule has 0 aliphatic heterocycles. The van der Waals surface area contributed by atoms with E-state index in [1.165, 1.54) is 11.1 Å². The molecule has 0 amide bonds. The monoisotopic (exact) mass is 481 g/mol. The lowest BCUT2D eigenvalue weighted by Crippen LogP contribution is -2.14. The smallest absolute Gasteiger partial charge is 0.159 e. The number of benzene rings is 4. The molecule has 0 N–H and O–H groups in total. The van der Waals surface area contributed by atoms with Crippen molar-refractivity contribution < 1.29 is 4.42 Å². The zero-order valence-corrected chi connectivity index (χ0v) is 22.1. The number of furan rings is 1. The van der Waals surface area contributed by atoms with Crippen LogP contribution in [0.3, 0.4) is 0 Å². The van der Waals surface area contributed by atoms with E-state index in [0.717, 1.165) is 39.0 Å². The van der Waals surface area contributed by atoms with E-state index >= 15 is 0 Å². The largest absolute Gasteiger partial charge is 0.454 e. The third-order valence-electron chi connectivity index (χ3n) is 6.65. The van der Waals surface area contributed by atoms with Crippen molar-refractivity contribution >= 4 is 50.6 Å². The summed E-state index contributed by atoms with van der Waals surface area (Å²) >= 11 is 6.70. The van der Waals surface area contributed by atoms with Gasteiger partial charge in [-0.1, -0.05) is 95.6 Å². The molecule has 1 aromatic heterocycles. The molecule has 0 saturated carbocycles. The molecule has 5 aromatic rings. The van der Waals surface area contributed by atoms with Crippen LogP contribution < -0.4 is 4.90 Å². The average molecular weight is 482 g/mol. The second-order valence-electron chi connectivity index (χ2n) is 11.3. The van der Waals surface area contributed by atoms with Crippen LogP contribution in [-0.4, -0.2) is 0 Å². The molecule has 3 heteroatoms. The molecule has 0 unspecified atom stereocenters. The molecule has 0 fully saturated rings. The van der Waals surface area contributed by atoms with E-state index in [1.807, 2.05) is 30.3 Å². The van der Waals surface area contributed by atoms with Gasteiger partial charge in [0.05, 0.1) is 5.69 Å². The van der Waals surface area contributed by atoms with E-state index in [4.69, 9.17) is 16.0 Å². The Hall–Kier alpha value is -3.23. The van der Waals surface area contributed by atoms with Crippen molar-refractivity contribution in [2.24, 2.45) is 0 Å². The van der Waals surface area contributed by atoms with E-state index < -0.39 is 0 Å². The van der Waals surface area contributed by atoms with Gasteiger partial charge < -0.3 is 9.32 Å². The second kappa shape index (κ2) is 8.46. The zero-order chi connectivity index (χ0) is 25.0. The van der Waals surface area contributed by atoms with Gasteiger partial charge in [0.1, 0.15) is 5.58 Å². The van der Waals surface area contributed by atoms with E-state index in [-0.39, 0.29) is 10.8 Å². The highest BCUT2D eigenvalue weighted by molar-refractivity contribution is 6.32. The fourth-order valence-corrected chi connectivity index (χ4v) is 4.80. The number of anilines is 3. The van der Waals surface area contributed by atoms with E-state index in [0.29, 0.717) is 5.02 Å². The number of hydrogen-bond acceptors (Lipinski definition) is 2. The van der Waals surface area contributed by atoms with Gasteiger partial charge in [-0.2, -0.15) is 0 Å². The predicted molar refractivity (Wildman–Crippen MR) is 151 cm³/mol. The summed E-state index contributed by atoms with van der Waals surface area (Å²) in [6.45, 7) is 13.4. The van der Waals surface area contributed by atoms with Crippen molar-refractivity contribution in [1.82, 2.24) is 0 Å². The van der Waals surface area contributed by atoms with Crippen LogP contribution in [0.4, 0.5) is 17.1 Å². The molecule has 178 valence electrons. The van der Waals surface area contributed by atoms with Gasteiger partial charge in [-0.05, 0) is 64.4 Å². The third-order valence-corrected chi connectivity index (χ3v) is 6.87. The van der Waals surface area contributed by atoms with Crippen LogP contribution in [0.15, 0.2) is 89.3 Å². The zero-order valence-electron chi connectivity index (χ0n) is 21.3. The van der Waals surface area contributed by atoms with Crippen molar-refractivity contribution in [3.8, 4) is 0 Å². The fourth-order valence-electron chi connectivity index (χ4n) is 4.59. The first-order valence-corrected chi connectivity index (χ1v) is 12.5. The highest BCUT2D eigenvalue weighted by Crippen LogP contribution is 2.44. The van der Waals surface area contributed by atoms with E-state index in [1.54, 1.807) is 0 Å². The van der Waals surface area contributed by atoms with Gasteiger partial charge in [-0.15, -0.1) is 0 Å². The number of hydrogen-bond donors (Lipinski definition) is 0. The van der Waals surface area contributed by atoms with Gasteiger partial charge in [-0.25, -0.2) is 0 Å². The maximum absolute atomic E-state index is 6.70. The molecule has 0 bridgehead atoms. The van der Waals surface area contributed by atoms with Crippen LogP contribution in [0.5, 0.6) is 0 Å². The molecule has 4 aromatic carbocycles. The van der Waals surface area contributed by atoms with Gasteiger partial charge in [0, 0.05) is 27.2 Å². The molecular weight excluding hydrogens is 450 g/mol. The molecule has 0 radical (unpaired) electrons. The Labute approximate surface area is 213 Å². The lowest BCUT2D eigenvalue weighted by Gasteiger charge is -2.28. The summed E-state index contributed by atoms with van der Waals surface area (Å²) in [5.41, 5.74) is 7.49. The first-order chi connectivity index (χ1) is 16.5. The van der Waals surface area contributed by atoms with Crippen LogP contribution in [0, 0.1) is 0 Å². The van der Waals surface area contributed by atoms with Gasteiger partial charge in [0.15, 0.2) is 5.58 Å². The van der Waals surface area contributed by atoms with Crippen molar-refractivity contribution in [2.75, 3.05) is 4.90 Å². The Morgan fingerprint density at radius 2 is 1.14 bits per heavy atom. The maximum atomic E-state index is 6.70. The normalized spacial score (nSPS) is 12.4. The number of rotatable bonds is 3. The minimum Gasteiger partial charge on any atom is -0.454 e. The molecule has 0 aliphatic carbocycles. The van der Waals surface area contributed by atoms with E-state index in [9.17, 15) is 0 Å². The minimum absolute atomic E-state index is 0.0831. The Kier molecular flexibility index (Phi) is 5.68. The molecule has 0 saturated heterocycles. The predicted octanol–water partition coefficient (Wildman–Crippen LogP) is 10.3. The van der Waals surface area contributed by atoms with Gasteiger partial charge in [-0.3, -0.25) is 0 Å². The average Bonchev–Trinajstić information content (AvgIpc) is 3.17. The Bertz CT molecular complexity index is 1440. The lowest BCUT2D eigenvalue weighted by molar-refractivity contribution is 0.590. The van der Waals surface area contributed by atoms with E-state index in [2.05, 4.69) is 101 Å². The number of halogens is 1. The first-order valence-electron chi connectivity index (χ1n) is 12.1. The highest BCUT2D eigenvalue weighted by atomic mass is 35.5. The molecule has 35 heavy (non-hydrogen) atoms. The molecule has 0 atom stereocenters. The fraction of sp³-hybridized carbons (Fsp3) is 0.250. The molecular formula is C32H32ClNO. The number of fused-ring (bicyclic) bond motifs is 3. The van der Waals surface area contributed by atoms with Crippen LogP contribution in [-0.2, 0) is 10.8 Å². The van der Waals surface area contributed by atoms with Gasteiger partial charge in [0.2, 0.25) is 0 Å². The van der Waals surface area contributed by atoms with Crippen molar-refractivity contribution in [3.63, 3.8) is 0 Å². The van der Waals surface area contributed by atoms with Crippen molar-refractivity contribution in [3.05, 3.63) is 101 Å². The molecule has 0 spiro atoms. The van der Waals surface area contributed by atoms with Gasteiger partial charge >= 0.3 is 0 Å². The summed E-state index contributed by atoms with van der Waals surface area (Å²) in [4.78, 5) is 2.25. The molecule has 1 heterocycles. The second-order valence-corrected chi connectivity index (χ2v) is 11.8. The summed E-state index contributed by atoms with van der Waals surface area (Å²) in [5.74, 6) is 0. The summed E-state index contributed by atoms with van der Waals surface area (Å²) in [5, 5.41) is 2.77. The summed E-state index contributed by atoms with van der Waals surface area (Å²) in [6, 6.07) is 29.7. The molecule has 0 aliphatic rings. The van der Waals surface area contributed by atoms with Crippen LogP contribution in [0.2, 0.25) is 5.02 Å². The standard InChI is InChI=1S/C32H32ClNO/c1-31(2,3)21-11-15-24(16-12-21)34(25-17-13-22(14-18-25)32(4,5)6)28-20-23(33)19-27-26-9-7-8-10-29(26)35-30(27)28/h7-20H,1-6H3. The third kappa shape index (κ3) is 4.44. The Morgan fingerprint density at radius 1 is 0.629 bits per heavy atom. The Balaban J connectivity index is 1.75. The SMILES string of the molecule is CC(C)(C)c1ccc(N(c2ccc(C(C)(C)C)cc2)c2cc(Cl)cc3c2oc2ccccc23)cc1. The maximum Gasteiger partial charge on any atom is 0.159 e. The topological polar surface area (TPSA) is 16.4 Å². The Morgan fingerprint density at radius 3 is 1.66 bits per heavy atom. The van der Waals surface area contributed by atoms with Crippen LogP contribution in [0.25, 0.3) is 21.9 Å². The van der Waals surface area contributed by atoms with Gasteiger partial charge in [0.25, 0.3) is 0 Å². The molecule has 5 rings (SSSR count). The number of para-hydroxylation sites is 1. The quantitative estimate of drug-likeness (QED) is 0.255. The minimum atomic E-state index is 0.0831. The highest BCUT2D eigenvalue weighted by Gasteiger charge is 2.22. The summed E-state index contributed by atoms with van der Waals surface area (Å²) in [6.07, 6.45) is 0. The number of nitrogens with zero attached hydrogens (tertiary/aromatic N) is 1. The van der Waals surface area contributed by atoms with Crippen molar-refractivity contribution in [1.29, 1.82) is 0 Å².